The first kappa shape index (κ1) is 15.2. The molecule has 0 radical (unpaired) electrons. The van der Waals surface area contributed by atoms with Gasteiger partial charge in [-0.05, 0) is 38.3 Å². The molecule has 0 atom stereocenters. The Kier molecular flexibility index (Phi) is 5.43. The number of urea groups is 1. The summed E-state index contributed by atoms with van der Waals surface area (Å²) < 4.78 is 10.1. The minimum Gasteiger partial charge on any atom is -0.482 e. The Bertz CT molecular complexity index is 500. The molecule has 0 bridgehead atoms. The third-order valence-corrected chi connectivity index (χ3v) is 3.19. The smallest absolute Gasteiger partial charge is 0.344 e. The van der Waals surface area contributed by atoms with Crippen LogP contribution < -0.4 is 15.4 Å². The highest BCUT2D eigenvalue weighted by atomic mass is 16.6. The molecule has 6 heteroatoms. The molecule has 1 fully saturated rings. The topological polar surface area (TPSA) is 76.7 Å². The fraction of sp³-hybridized carbons (Fsp3) is 0.467. The van der Waals surface area contributed by atoms with Gasteiger partial charge in [-0.1, -0.05) is 6.07 Å². The van der Waals surface area contributed by atoms with Gasteiger partial charge in [-0.15, -0.1) is 0 Å². The van der Waals surface area contributed by atoms with E-state index in [0.717, 1.165) is 12.8 Å². The van der Waals surface area contributed by atoms with Crippen LogP contribution in [0.15, 0.2) is 24.3 Å². The number of hydrogen-bond acceptors (Lipinski definition) is 4. The number of anilines is 1. The fourth-order valence-corrected chi connectivity index (χ4v) is 1.91. The molecule has 114 valence electrons. The lowest BCUT2D eigenvalue weighted by Crippen LogP contribution is -2.41. The van der Waals surface area contributed by atoms with Gasteiger partial charge in [0, 0.05) is 17.8 Å². The monoisotopic (exact) mass is 292 g/mol. The van der Waals surface area contributed by atoms with E-state index in [1.54, 1.807) is 31.2 Å². The van der Waals surface area contributed by atoms with Crippen LogP contribution in [0.25, 0.3) is 0 Å². The predicted octanol–water partition coefficient (Wildman–Crippen LogP) is 2.30. The molecule has 0 spiro atoms. The van der Waals surface area contributed by atoms with Crippen molar-refractivity contribution >= 4 is 17.7 Å². The molecule has 2 N–H and O–H groups in total. The van der Waals surface area contributed by atoms with E-state index in [1.165, 1.54) is 6.42 Å². The van der Waals surface area contributed by atoms with Crippen molar-refractivity contribution in [1.82, 2.24) is 5.32 Å². The first-order valence-electron chi connectivity index (χ1n) is 7.13. The second kappa shape index (κ2) is 7.52. The molecule has 2 amide bonds. The third-order valence-electron chi connectivity index (χ3n) is 3.19. The van der Waals surface area contributed by atoms with Crippen molar-refractivity contribution in [3.63, 3.8) is 0 Å². The number of nitrogens with one attached hydrogen (secondary N) is 2. The Morgan fingerprint density at radius 2 is 2.14 bits per heavy atom. The van der Waals surface area contributed by atoms with E-state index < -0.39 is 5.97 Å². The van der Waals surface area contributed by atoms with E-state index in [-0.39, 0.29) is 18.7 Å². The Labute approximate surface area is 123 Å². The largest absolute Gasteiger partial charge is 0.482 e. The number of hydrogen-bond donors (Lipinski definition) is 2. The summed E-state index contributed by atoms with van der Waals surface area (Å²) in [6, 6.07) is 6.96. The summed E-state index contributed by atoms with van der Waals surface area (Å²) in [6.07, 6.45) is 3.24. The summed E-state index contributed by atoms with van der Waals surface area (Å²) in [7, 11) is 0. The SMILES string of the molecule is CCOC(=O)COc1cccc(NC(=O)NC2CCC2)c1. The van der Waals surface area contributed by atoms with Crippen LogP contribution in [0.5, 0.6) is 5.75 Å². The number of carbonyl (C=O) groups excluding carboxylic acids is 2. The zero-order valence-electron chi connectivity index (χ0n) is 12.1. The molecule has 0 saturated heterocycles. The van der Waals surface area contributed by atoms with Crippen LogP contribution in [0.4, 0.5) is 10.5 Å². The Morgan fingerprint density at radius 3 is 2.81 bits per heavy atom. The summed E-state index contributed by atoms with van der Waals surface area (Å²) >= 11 is 0. The molecule has 21 heavy (non-hydrogen) atoms. The van der Waals surface area contributed by atoms with E-state index in [2.05, 4.69) is 10.6 Å². The summed E-state index contributed by atoms with van der Waals surface area (Å²) in [4.78, 5) is 23.0. The molecule has 1 aromatic rings. The molecule has 1 aliphatic rings. The molecule has 1 saturated carbocycles. The minimum atomic E-state index is -0.418. The molecule has 1 aliphatic carbocycles. The number of benzene rings is 1. The number of ether oxygens (including phenoxy) is 2. The van der Waals surface area contributed by atoms with Gasteiger partial charge in [0.05, 0.1) is 6.61 Å². The van der Waals surface area contributed by atoms with Gasteiger partial charge in [-0.25, -0.2) is 9.59 Å². The number of rotatable bonds is 6. The summed E-state index contributed by atoms with van der Waals surface area (Å²) in [5, 5.41) is 5.63. The van der Waals surface area contributed by atoms with Gasteiger partial charge in [0.15, 0.2) is 6.61 Å². The Hall–Kier alpha value is -2.24. The summed E-state index contributed by atoms with van der Waals surface area (Å²) in [5.41, 5.74) is 0.619. The van der Waals surface area contributed by atoms with Gasteiger partial charge in [0.2, 0.25) is 0 Å². The lowest BCUT2D eigenvalue weighted by atomic mass is 9.93. The molecular formula is C15H20N2O4. The van der Waals surface area contributed by atoms with Crippen LogP contribution in [0.3, 0.4) is 0 Å². The Morgan fingerprint density at radius 1 is 1.33 bits per heavy atom. The van der Waals surface area contributed by atoms with Crippen molar-refractivity contribution in [2.45, 2.75) is 32.2 Å². The average Bonchev–Trinajstić information content (AvgIpc) is 2.42. The normalized spacial score (nSPS) is 14.0. The van der Waals surface area contributed by atoms with Crippen molar-refractivity contribution in [1.29, 1.82) is 0 Å². The highest BCUT2D eigenvalue weighted by Crippen LogP contribution is 2.19. The minimum absolute atomic E-state index is 0.147. The molecule has 1 aromatic carbocycles. The van der Waals surface area contributed by atoms with Crippen LogP contribution in [0, 0.1) is 0 Å². The number of carbonyl (C=O) groups is 2. The van der Waals surface area contributed by atoms with Gasteiger partial charge in [0.25, 0.3) is 0 Å². The maximum Gasteiger partial charge on any atom is 0.344 e. The lowest BCUT2D eigenvalue weighted by Gasteiger charge is -2.26. The van der Waals surface area contributed by atoms with Gasteiger partial charge in [-0.3, -0.25) is 0 Å². The standard InChI is InChI=1S/C15H20N2O4/c1-2-20-14(18)10-21-13-8-4-7-12(9-13)17-15(19)16-11-5-3-6-11/h4,7-9,11H,2-3,5-6,10H2,1H3,(H2,16,17,19). The van der Waals surface area contributed by atoms with Crippen molar-refractivity contribution in [2.24, 2.45) is 0 Å². The third kappa shape index (κ3) is 4.98. The zero-order valence-corrected chi connectivity index (χ0v) is 12.1. The molecular weight excluding hydrogens is 272 g/mol. The maximum absolute atomic E-state index is 11.7. The summed E-state index contributed by atoms with van der Waals surface area (Å²) in [6.45, 7) is 1.92. The van der Waals surface area contributed by atoms with Crippen molar-refractivity contribution < 1.29 is 19.1 Å². The van der Waals surface area contributed by atoms with Gasteiger partial charge >= 0.3 is 12.0 Å². The van der Waals surface area contributed by atoms with Crippen molar-refractivity contribution in [3.05, 3.63) is 24.3 Å². The molecule has 0 heterocycles. The van der Waals surface area contributed by atoms with Gasteiger partial charge in [0.1, 0.15) is 5.75 Å². The van der Waals surface area contributed by atoms with Crippen molar-refractivity contribution in [2.75, 3.05) is 18.5 Å². The van der Waals surface area contributed by atoms with E-state index >= 15 is 0 Å². The molecule has 2 rings (SSSR count). The van der Waals surface area contributed by atoms with Gasteiger partial charge in [-0.2, -0.15) is 0 Å². The number of amides is 2. The second-order valence-corrected chi connectivity index (χ2v) is 4.85. The van der Waals surface area contributed by atoms with Crippen LogP contribution >= 0.6 is 0 Å². The zero-order chi connectivity index (χ0) is 15.1. The van der Waals surface area contributed by atoms with Crippen molar-refractivity contribution in [3.8, 4) is 5.75 Å². The average molecular weight is 292 g/mol. The van der Waals surface area contributed by atoms with E-state index in [0.29, 0.717) is 18.0 Å². The molecule has 0 aromatic heterocycles. The highest BCUT2D eigenvalue weighted by Gasteiger charge is 2.19. The quantitative estimate of drug-likeness (QED) is 0.789. The van der Waals surface area contributed by atoms with Crippen LogP contribution in [0.1, 0.15) is 26.2 Å². The molecule has 0 aliphatic heterocycles. The van der Waals surface area contributed by atoms with Gasteiger partial charge < -0.3 is 20.1 Å². The number of esters is 1. The first-order chi connectivity index (χ1) is 10.2. The van der Waals surface area contributed by atoms with Crippen LogP contribution in [0.2, 0.25) is 0 Å². The maximum atomic E-state index is 11.7. The van der Waals surface area contributed by atoms with Crippen LogP contribution in [-0.2, 0) is 9.53 Å². The van der Waals surface area contributed by atoms with E-state index in [4.69, 9.17) is 9.47 Å². The molecule has 0 unspecified atom stereocenters. The predicted molar refractivity (Wildman–Crippen MR) is 78.4 cm³/mol. The second-order valence-electron chi connectivity index (χ2n) is 4.85. The first-order valence-corrected chi connectivity index (χ1v) is 7.13. The molecule has 6 nitrogen and oxygen atoms in total. The van der Waals surface area contributed by atoms with E-state index in [9.17, 15) is 9.59 Å². The summed E-state index contributed by atoms with van der Waals surface area (Å²) in [5.74, 6) is 0.0862. The fourth-order valence-electron chi connectivity index (χ4n) is 1.91. The highest BCUT2D eigenvalue weighted by molar-refractivity contribution is 5.89. The lowest BCUT2D eigenvalue weighted by molar-refractivity contribution is -0.145. The van der Waals surface area contributed by atoms with E-state index in [1.807, 2.05) is 0 Å². The van der Waals surface area contributed by atoms with Crippen LogP contribution in [-0.4, -0.2) is 31.3 Å². The Balaban J connectivity index is 1.82.